The number of aryl methyl sites for hydroxylation is 1. The molecule has 0 saturated carbocycles. The van der Waals surface area contributed by atoms with Crippen molar-refractivity contribution in [2.75, 3.05) is 14.2 Å². The minimum atomic E-state index is 0.445. The Balaban J connectivity index is 2.30. The zero-order chi connectivity index (χ0) is 13.7. The van der Waals surface area contributed by atoms with Gasteiger partial charge in [-0.3, -0.25) is 4.68 Å². The molecule has 5 heteroatoms. The molecule has 0 atom stereocenters. The third-order valence-electron chi connectivity index (χ3n) is 2.81. The molecule has 0 saturated heterocycles. The summed E-state index contributed by atoms with van der Waals surface area (Å²) in [6.07, 6.45) is 4.12. The second-order valence-electron chi connectivity index (χ2n) is 3.97. The van der Waals surface area contributed by atoms with Crippen LogP contribution in [-0.2, 0) is 6.54 Å². The van der Waals surface area contributed by atoms with Crippen molar-refractivity contribution in [3.05, 3.63) is 30.6 Å². The zero-order valence-electron chi connectivity index (χ0n) is 11.0. The molecule has 0 spiro atoms. The monoisotopic (exact) mass is 257 g/mol. The first kappa shape index (κ1) is 13.0. The van der Waals surface area contributed by atoms with E-state index in [2.05, 4.69) is 11.2 Å². The lowest BCUT2D eigenvalue weighted by molar-refractivity contribution is 0.395. The van der Waals surface area contributed by atoms with Crippen molar-refractivity contribution < 1.29 is 9.47 Å². The van der Waals surface area contributed by atoms with E-state index >= 15 is 0 Å². The molecule has 2 rings (SSSR count). The largest absolute Gasteiger partial charge is 0.497 e. The lowest BCUT2D eigenvalue weighted by atomic mass is 10.1. The molecule has 0 amide bonds. The van der Waals surface area contributed by atoms with Crippen molar-refractivity contribution in [3.63, 3.8) is 0 Å². The van der Waals surface area contributed by atoms with Crippen molar-refractivity contribution in [3.8, 4) is 28.7 Å². The van der Waals surface area contributed by atoms with Crippen LogP contribution in [0.3, 0.4) is 0 Å². The van der Waals surface area contributed by atoms with Crippen LogP contribution in [0.1, 0.15) is 6.42 Å². The molecule has 0 aliphatic rings. The number of nitriles is 1. The van der Waals surface area contributed by atoms with Crippen LogP contribution < -0.4 is 9.47 Å². The average molecular weight is 257 g/mol. The molecule has 5 nitrogen and oxygen atoms in total. The highest BCUT2D eigenvalue weighted by molar-refractivity contribution is 5.70. The number of aromatic nitrogens is 2. The fourth-order valence-corrected chi connectivity index (χ4v) is 1.83. The van der Waals surface area contributed by atoms with E-state index < -0.39 is 0 Å². The molecular formula is C14H15N3O2. The van der Waals surface area contributed by atoms with Crippen molar-refractivity contribution in [2.45, 2.75) is 13.0 Å². The predicted octanol–water partition coefficient (Wildman–Crippen LogP) is 2.48. The van der Waals surface area contributed by atoms with Gasteiger partial charge >= 0.3 is 0 Å². The average Bonchev–Trinajstić information content (AvgIpc) is 2.92. The summed E-state index contributed by atoms with van der Waals surface area (Å²) in [4.78, 5) is 0. The number of hydrogen-bond donors (Lipinski definition) is 0. The third kappa shape index (κ3) is 2.86. The Hall–Kier alpha value is -2.48. The van der Waals surface area contributed by atoms with E-state index in [0.29, 0.717) is 13.0 Å². The van der Waals surface area contributed by atoms with Crippen LogP contribution >= 0.6 is 0 Å². The molecule has 98 valence electrons. The number of methoxy groups -OCH3 is 2. The van der Waals surface area contributed by atoms with Crippen molar-refractivity contribution in [1.29, 1.82) is 5.26 Å². The Bertz CT molecular complexity index is 599. The third-order valence-corrected chi connectivity index (χ3v) is 2.81. The number of hydrogen-bond acceptors (Lipinski definition) is 4. The van der Waals surface area contributed by atoms with Crippen LogP contribution in [0, 0.1) is 11.3 Å². The Morgan fingerprint density at radius 1 is 1.32 bits per heavy atom. The SMILES string of the molecule is COc1ccc(-c2cnn(CCC#N)c2)c(OC)c1. The second kappa shape index (κ2) is 5.91. The number of benzene rings is 1. The topological polar surface area (TPSA) is 60.1 Å². The number of ether oxygens (including phenoxy) is 2. The van der Waals surface area contributed by atoms with Gasteiger partial charge in [0.1, 0.15) is 11.5 Å². The summed E-state index contributed by atoms with van der Waals surface area (Å²) in [6.45, 7) is 0.592. The van der Waals surface area contributed by atoms with Crippen LogP contribution in [-0.4, -0.2) is 24.0 Å². The molecule has 1 aromatic carbocycles. The molecule has 0 radical (unpaired) electrons. The predicted molar refractivity (Wildman–Crippen MR) is 71.0 cm³/mol. The minimum absolute atomic E-state index is 0.445. The Morgan fingerprint density at radius 2 is 2.16 bits per heavy atom. The van der Waals surface area contributed by atoms with E-state index in [9.17, 15) is 0 Å². The maximum atomic E-state index is 8.57. The van der Waals surface area contributed by atoms with Gasteiger partial charge in [0.2, 0.25) is 0 Å². The first-order valence-electron chi connectivity index (χ1n) is 5.90. The van der Waals surface area contributed by atoms with Gasteiger partial charge in [0.15, 0.2) is 0 Å². The van der Waals surface area contributed by atoms with Gasteiger partial charge in [-0.15, -0.1) is 0 Å². The van der Waals surface area contributed by atoms with Gasteiger partial charge in [0.25, 0.3) is 0 Å². The van der Waals surface area contributed by atoms with Gasteiger partial charge in [0.05, 0.1) is 39.5 Å². The quantitative estimate of drug-likeness (QED) is 0.825. The number of rotatable bonds is 5. The van der Waals surface area contributed by atoms with Gasteiger partial charge in [-0.05, 0) is 12.1 Å². The summed E-state index contributed by atoms with van der Waals surface area (Å²) in [5, 5.41) is 12.8. The highest BCUT2D eigenvalue weighted by Crippen LogP contribution is 2.32. The summed E-state index contributed by atoms with van der Waals surface area (Å²) >= 11 is 0. The number of nitrogens with zero attached hydrogens (tertiary/aromatic N) is 3. The maximum Gasteiger partial charge on any atom is 0.130 e. The highest BCUT2D eigenvalue weighted by Gasteiger charge is 2.09. The molecular weight excluding hydrogens is 242 g/mol. The molecule has 0 aliphatic heterocycles. The van der Waals surface area contributed by atoms with Crippen LogP contribution in [0.25, 0.3) is 11.1 Å². The molecule has 1 aromatic heterocycles. The first-order valence-corrected chi connectivity index (χ1v) is 5.90. The Labute approximate surface area is 112 Å². The van der Waals surface area contributed by atoms with E-state index in [4.69, 9.17) is 14.7 Å². The summed E-state index contributed by atoms with van der Waals surface area (Å²) in [7, 11) is 3.24. The normalized spacial score (nSPS) is 9.95. The molecule has 0 bridgehead atoms. The molecule has 19 heavy (non-hydrogen) atoms. The fraction of sp³-hybridized carbons (Fsp3) is 0.286. The zero-order valence-corrected chi connectivity index (χ0v) is 11.0. The smallest absolute Gasteiger partial charge is 0.130 e. The van der Waals surface area contributed by atoms with Gasteiger partial charge in [-0.1, -0.05) is 0 Å². The summed E-state index contributed by atoms with van der Waals surface area (Å²) < 4.78 is 12.3. The molecule has 0 aliphatic carbocycles. The summed E-state index contributed by atoms with van der Waals surface area (Å²) in [5.41, 5.74) is 1.91. The van der Waals surface area contributed by atoms with Crippen LogP contribution in [0.2, 0.25) is 0 Å². The van der Waals surface area contributed by atoms with Gasteiger partial charge in [0, 0.05) is 23.4 Å². The van der Waals surface area contributed by atoms with Gasteiger partial charge in [-0.25, -0.2) is 0 Å². The standard InChI is InChI=1S/C14H15N3O2/c1-18-12-4-5-13(14(8-12)19-2)11-9-16-17(10-11)7-3-6-15/h4-5,8-10H,3,7H2,1-2H3. The Morgan fingerprint density at radius 3 is 2.84 bits per heavy atom. The highest BCUT2D eigenvalue weighted by atomic mass is 16.5. The van der Waals surface area contributed by atoms with Crippen molar-refractivity contribution in [1.82, 2.24) is 9.78 Å². The van der Waals surface area contributed by atoms with E-state index in [1.165, 1.54) is 0 Å². The van der Waals surface area contributed by atoms with Gasteiger partial charge in [-0.2, -0.15) is 10.4 Å². The Kier molecular flexibility index (Phi) is 4.04. The summed E-state index contributed by atoms with van der Waals surface area (Å²) in [5.74, 6) is 1.48. The van der Waals surface area contributed by atoms with Crippen molar-refractivity contribution in [2.24, 2.45) is 0 Å². The fourth-order valence-electron chi connectivity index (χ4n) is 1.83. The lowest BCUT2D eigenvalue weighted by Gasteiger charge is -2.08. The molecule has 1 heterocycles. The minimum Gasteiger partial charge on any atom is -0.497 e. The van der Waals surface area contributed by atoms with E-state index in [1.807, 2.05) is 24.4 Å². The van der Waals surface area contributed by atoms with E-state index in [1.54, 1.807) is 25.1 Å². The maximum absolute atomic E-state index is 8.57. The van der Waals surface area contributed by atoms with Crippen LogP contribution in [0.15, 0.2) is 30.6 Å². The lowest BCUT2D eigenvalue weighted by Crippen LogP contribution is -1.96. The molecule has 0 unspecified atom stereocenters. The molecule has 2 aromatic rings. The van der Waals surface area contributed by atoms with E-state index in [-0.39, 0.29) is 0 Å². The van der Waals surface area contributed by atoms with E-state index in [0.717, 1.165) is 22.6 Å². The second-order valence-corrected chi connectivity index (χ2v) is 3.97. The van der Waals surface area contributed by atoms with Crippen LogP contribution in [0.5, 0.6) is 11.5 Å². The van der Waals surface area contributed by atoms with Gasteiger partial charge < -0.3 is 9.47 Å². The van der Waals surface area contributed by atoms with Crippen LogP contribution in [0.4, 0.5) is 0 Å². The molecule has 0 fully saturated rings. The summed E-state index contributed by atoms with van der Waals surface area (Å²) in [6, 6.07) is 7.75. The first-order chi connectivity index (χ1) is 9.28. The van der Waals surface area contributed by atoms with Crippen molar-refractivity contribution >= 4 is 0 Å². The molecule has 0 N–H and O–H groups in total.